The van der Waals surface area contributed by atoms with Crippen LogP contribution in [0.2, 0.25) is 5.04 Å². The van der Waals surface area contributed by atoms with Crippen LogP contribution in [0.15, 0.2) is 60.7 Å². The van der Waals surface area contributed by atoms with E-state index in [-0.39, 0.29) is 0 Å². The van der Waals surface area contributed by atoms with Crippen molar-refractivity contribution in [1.82, 2.24) is 0 Å². The maximum absolute atomic E-state index is 8.83. The molecule has 0 radical (unpaired) electrons. The Balaban J connectivity index is 2.25. The van der Waals surface area contributed by atoms with E-state index in [9.17, 15) is 0 Å². The minimum absolute atomic E-state index is 0.554. The van der Waals surface area contributed by atoms with Gasteiger partial charge in [0.25, 0.3) is 8.32 Å². The quantitative estimate of drug-likeness (QED) is 0.746. The molecule has 0 aliphatic carbocycles. The first-order valence-electron chi connectivity index (χ1n) is 11.3. The summed E-state index contributed by atoms with van der Waals surface area (Å²) in [5, 5.41) is 1.08. The highest BCUT2D eigenvalue weighted by molar-refractivity contribution is 6.99. The van der Waals surface area contributed by atoms with Gasteiger partial charge < -0.3 is 13.9 Å². The molecule has 1 aliphatic heterocycles. The molecular formula is C22H30O3Si. The lowest BCUT2D eigenvalue weighted by Crippen LogP contribution is -2.67. The van der Waals surface area contributed by atoms with Crippen molar-refractivity contribution in [3.63, 3.8) is 0 Å². The van der Waals surface area contributed by atoms with Crippen LogP contribution >= 0.6 is 0 Å². The molecule has 0 saturated carbocycles. The Kier molecular flexibility index (Phi) is 3.82. The number of rotatable bonds is 5. The van der Waals surface area contributed by atoms with Crippen molar-refractivity contribution in [3.05, 3.63) is 60.7 Å². The molecule has 0 amide bonds. The fourth-order valence-electron chi connectivity index (χ4n) is 3.27. The molecule has 2 aromatic rings. The predicted octanol–water partition coefficient (Wildman–Crippen LogP) is 3.71. The van der Waals surface area contributed by atoms with Crippen LogP contribution in [0.5, 0.6) is 0 Å². The van der Waals surface area contributed by atoms with Crippen LogP contribution in [0.3, 0.4) is 0 Å². The molecule has 1 saturated heterocycles. The molecule has 140 valence electrons. The average molecular weight is 376 g/mol. The van der Waals surface area contributed by atoms with Crippen molar-refractivity contribution in [3.8, 4) is 0 Å². The van der Waals surface area contributed by atoms with Gasteiger partial charge in [-0.15, -0.1) is 0 Å². The van der Waals surface area contributed by atoms with E-state index in [1.807, 2.05) is 81.4 Å². The van der Waals surface area contributed by atoms with Gasteiger partial charge >= 0.3 is 0 Å². The third-order valence-corrected chi connectivity index (χ3v) is 9.26. The van der Waals surface area contributed by atoms with E-state index >= 15 is 0 Å². The molecule has 3 rings (SSSR count). The highest BCUT2D eigenvalue weighted by Crippen LogP contribution is 2.37. The first-order valence-corrected chi connectivity index (χ1v) is 10.7. The average Bonchev–Trinajstić information content (AvgIpc) is 2.83. The third-order valence-electron chi connectivity index (χ3n) is 4.45. The molecule has 0 spiro atoms. The van der Waals surface area contributed by atoms with Crippen LogP contribution in [0.1, 0.15) is 41.5 Å². The minimum Gasteiger partial charge on any atom is -0.405 e. The summed E-state index contributed by atoms with van der Waals surface area (Å²) < 4.78 is 60.1. The normalized spacial score (nSPS) is 28.4. The lowest BCUT2D eigenvalue weighted by molar-refractivity contribution is -0.141. The smallest absolute Gasteiger partial charge is 0.261 e. The topological polar surface area (TPSA) is 27.7 Å². The molecule has 1 heterocycles. The van der Waals surface area contributed by atoms with Crippen LogP contribution in [-0.4, -0.2) is 33.3 Å². The van der Waals surface area contributed by atoms with E-state index in [4.69, 9.17) is 20.8 Å². The number of hydrogen-bond acceptors (Lipinski definition) is 3. The summed E-state index contributed by atoms with van der Waals surface area (Å²) in [6.45, 7) is 3.30. The highest BCUT2D eigenvalue weighted by atomic mass is 28.4. The van der Waals surface area contributed by atoms with Crippen LogP contribution in [0.25, 0.3) is 0 Å². The Labute approximate surface area is 165 Å². The van der Waals surface area contributed by atoms with Crippen molar-refractivity contribution in [2.24, 2.45) is 0 Å². The largest absolute Gasteiger partial charge is 0.405 e. The molecule has 26 heavy (non-hydrogen) atoms. The van der Waals surface area contributed by atoms with Crippen LogP contribution in [0, 0.1) is 0 Å². The number of ether oxygens (including phenoxy) is 2. The van der Waals surface area contributed by atoms with Crippen LogP contribution in [0.4, 0.5) is 0 Å². The molecule has 3 nitrogen and oxygen atoms in total. The van der Waals surface area contributed by atoms with Crippen molar-refractivity contribution in [2.45, 2.75) is 51.5 Å². The zero-order valence-electron chi connectivity index (χ0n) is 21.0. The van der Waals surface area contributed by atoms with Gasteiger partial charge in [-0.05, 0) is 29.3 Å². The Hall–Kier alpha value is -1.46. The molecule has 1 atom stereocenters. The number of benzene rings is 2. The van der Waals surface area contributed by atoms with Crippen LogP contribution < -0.4 is 10.4 Å². The SMILES string of the molecule is [2H]C1([2H])OC(C)(C)OC1([2H])C([2H])([2H])O[Si](c1ccccc1)(c1ccccc1)C(C)(C)C. The summed E-state index contributed by atoms with van der Waals surface area (Å²) in [6.07, 6.45) is -2.74. The fourth-order valence-corrected chi connectivity index (χ4v) is 7.45. The zero-order valence-corrected chi connectivity index (χ0v) is 17.0. The third kappa shape index (κ3) is 3.79. The zero-order chi connectivity index (χ0) is 23.3. The highest BCUT2D eigenvalue weighted by Gasteiger charge is 2.50. The maximum Gasteiger partial charge on any atom is 0.261 e. The number of hydrogen-bond donors (Lipinski definition) is 0. The summed E-state index contributed by atoms with van der Waals surface area (Å²) in [7, 11) is -3.41. The van der Waals surface area contributed by atoms with Gasteiger partial charge in [0.2, 0.25) is 0 Å². The standard InChI is InChI=1S/C22H30O3Si/c1-21(2,3)26(19-12-8-6-9-13-19,20-14-10-7-11-15-20)24-17-18-16-23-22(4,5)25-18/h6-15,18H,16-17H2,1-5H3/i16D2,17D2,18D. The summed E-state index contributed by atoms with van der Waals surface area (Å²) in [4.78, 5) is 0. The summed E-state index contributed by atoms with van der Waals surface area (Å²) in [6, 6.07) is 18.9. The van der Waals surface area contributed by atoms with Gasteiger partial charge in [-0.3, -0.25) is 0 Å². The second-order valence-electron chi connectivity index (χ2n) is 7.90. The Bertz CT molecular complexity index is 876. The van der Waals surface area contributed by atoms with E-state index in [0.29, 0.717) is 0 Å². The van der Waals surface area contributed by atoms with Gasteiger partial charge in [-0.1, -0.05) is 81.4 Å². The molecular weight excluding hydrogens is 340 g/mol. The van der Waals surface area contributed by atoms with E-state index < -0.39 is 38.3 Å². The van der Waals surface area contributed by atoms with E-state index in [1.54, 1.807) is 0 Å². The van der Waals surface area contributed by atoms with Gasteiger partial charge in [0.1, 0.15) is 6.08 Å². The summed E-state index contributed by atoms with van der Waals surface area (Å²) in [5.41, 5.74) is 0. The van der Waals surface area contributed by atoms with Crippen molar-refractivity contribution < 1.29 is 20.8 Å². The summed E-state index contributed by atoms with van der Waals surface area (Å²) >= 11 is 0. The van der Waals surface area contributed by atoms with Crippen molar-refractivity contribution >= 4 is 18.7 Å². The Morgan fingerprint density at radius 1 is 1.12 bits per heavy atom. The van der Waals surface area contributed by atoms with Crippen molar-refractivity contribution in [1.29, 1.82) is 0 Å². The van der Waals surface area contributed by atoms with Gasteiger partial charge in [0.15, 0.2) is 5.79 Å². The van der Waals surface area contributed by atoms with Crippen molar-refractivity contribution in [2.75, 3.05) is 13.1 Å². The van der Waals surface area contributed by atoms with E-state index in [2.05, 4.69) is 0 Å². The monoisotopic (exact) mass is 375 g/mol. The molecule has 1 fully saturated rings. The van der Waals surface area contributed by atoms with Gasteiger partial charge in [0.05, 0.1) is 20.0 Å². The molecule has 2 aromatic carbocycles. The molecule has 4 heteroatoms. The van der Waals surface area contributed by atoms with Crippen LogP contribution in [-0.2, 0) is 13.9 Å². The second kappa shape index (κ2) is 7.28. The van der Waals surface area contributed by atoms with Gasteiger partial charge in [-0.25, -0.2) is 0 Å². The Morgan fingerprint density at radius 2 is 1.62 bits per heavy atom. The van der Waals surface area contributed by atoms with E-state index in [1.165, 1.54) is 13.8 Å². The minimum atomic E-state index is -3.41. The molecule has 1 aliphatic rings. The predicted molar refractivity (Wildman–Crippen MR) is 108 cm³/mol. The lowest BCUT2D eigenvalue weighted by atomic mass is 10.2. The maximum atomic E-state index is 8.83. The molecule has 0 bridgehead atoms. The molecule has 0 N–H and O–H groups in total. The Morgan fingerprint density at radius 3 is 2.00 bits per heavy atom. The fraction of sp³-hybridized carbons (Fsp3) is 0.455. The molecule has 0 aromatic heterocycles. The first-order chi connectivity index (χ1) is 14.1. The second-order valence-corrected chi connectivity index (χ2v) is 12.1. The van der Waals surface area contributed by atoms with E-state index in [0.717, 1.165) is 10.4 Å². The summed E-state index contributed by atoms with van der Waals surface area (Å²) in [5.74, 6) is -1.48. The first kappa shape index (κ1) is 13.7. The van der Waals surface area contributed by atoms with Gasteiger partial charge in [-0.2, -0.15) is 0 Å². The lowest BCUT2D eigenvalue weighted by Gasteiger charge is -2.43. The van der Waals surface area contributed by atoms with Gasteiger partial charge in [0, 0.05) is 0 Å². The molecule has 1 unspecified atom stereocenters.